The molecule has 0 radical (unpaired) electrons. The highest BCUT2D eigenvalue weighted by Gasteiger charge is 2.10. The van der Waals surface area contributed by atoms with Gasteiger partial charge in [0.2, 0.25) is 0 Å². The summed E-state index contributed by atoms with van der Waals surface area (Å²) in [4.78, 5) is 0. The van der Waals surface area contributed by atoms with Crippen molar-refractivity contribution in [2.45, 2.75) is 25.2 Å². The van der Waals surface area contributed by atoms with E-state index in [9.17, 15) is 5.11 Å². The second kappa shape index (κ2) is 7.32. The van der Waals surface area contributed by atoms with Gasteiger partial charge in [0.05, 0.1) is 0 Å². The summed E-state index contributed by atoms with van der Waals surface area (Å²) < 4.78 is 0. The van der Waals surface area contributed by atoms with Crippen molar-refractivity contribution in [1.82, 2.24) is 0 Å². The van der Waals surface area contributed by atoms with Crippen molar-refractivity contribution in [3.63, 3.8) is 0 Å². The Hall–Kier alpha value is -1.31. The molecular formula is C17H19ClO. The van der Waals surface area contributed by atoms with Crippen molar-refractivity contribution in [2.75, 3.05) is 6.61 Å². The minimum Gasteiger partial charge on any atom is -0.396 e. The smallest absolute Gasteiger partial charge is 0.0499 e. The van der Waals surface area contributed by atoms with Crippen molar-refractivity contribution < 1.29 is 5.11 Å². The van der Waals surface area contributed by atoms with Gasteiger partial charge in [0, 0.05) is 17.5 Å². The summed E-state index contributed by atoms with van der Waals surface area (Å²) in [5.41, 5.74) is 2.48. The van der Waals surface area contributed by atoms with E-state index in [1.54, 1.807) is 0 Å². The molecule has 0 fully saturated rings. The second-order valence-electron chi connectivity index (χ2n) is 4.81. The van der Waals surface area contributed by atoms with E-state index < -0.39 is 0 Å². The van der Waals surface area contributed by atoms with Gasteiger partial charge < -0.3 is 5.11 Å². The number of benzene rings is 2. The Morgan fingerprint density at radius 3 is 2.47 bits per heavy atom. The topological polar surface area (TPSA) is 20.2 Å². The van der Waals surface area contributed by atoms with E-state index in [-0.39, 0.29) is 12.5 Å². The fraction of sp³-hybridized carbons (Fsp3) is 0.294. The fourth-order valence-electron chi connectivity index (χ4n) is 2.32. The number of hydrogen-bond acceptors (Lipinski definition) is 1. The van der Waals surface area contributed by atoms with Crippen LogP contribution in [-0.2, 0) is 6.42 Å². The Kier molecular flexibility index (Phi) is 5.44. The summed E-state index contributed by atoms with van der Waals surface area (Å²) >= 11 is 5.99. The van der Waals surface area contributed by atoms with Gasteiger partial charge >= 0.3 is 0 Å². The maximum absolute atomic E-state index is 9.52. The lowest BCUT2D eigenvalue weighted by Crippen LogP contribution is -2.04. The van der Waals surface area contributed by atoms with Crippen molar-refractivity contribution in [3.8, 4) is 0 Å². The lowest BCUT2D eigenvalue weighted by Gasteiger charge is -2.14. The molecule has 1 nitrogen and oxygen atoms in total. The van der Waals surface area contributed by atoms with E-state index >= 15 is 0 Å². The van der Waals surface area contributed by atoms with Crippen LogP contribution in [0, 0.1) is 0 Å². The minimum absolute atomic E-state index is 0.176. The Balaban J connectivity index is 1.89. The van der Waals surface area contributed by atoms with Gasteiger partial charge in [0.25, 0.3) is 0 Å². The molecule has 2 rings (SSSR count). The van der Waals surface area contributed by atoms with Crippen LogP contribution in [0.3, 0.4) is 0 Å². The Labute approximate surface area is 119 Å². The number of halogens is 1. The maximum atomic E-state index is 9.52. The molecule has 1 N–H and O–H groups in total. The SMILES string of the molecule is OCC(CCCc1ccccc1)c1cccc(Cl)c1. The van der Waals surface area contributed by atoms with E-state index in [1.807, 2.05) is 30.3 Å². The van der Waals surface area contributed by atoms with E-state index in [1.165, 1.54) is 5.56 Å². The summed E-state index contributed by atoms with van der Waals surface area (Å²) in [6.45, 7) is 0.176. The number of aliphatic hydroxyl groups excluding tert-OH is 1. The molecule has 0 aliphatic rings. The summed E-state index contributed by atoms with van der Waals surface area (Å²) in [7, 11) is 0. The highest BCUT2D eigenvalue weighted by atomic mass is 35.5. The largest absolute Gasteiger partial charge is 0.396 e. The predicted molar refractivity (Wildman–Crippen MR) is 80.7 cm³/mol. The highest BCUT2D eigenvalue weighted by Crippen LogP contribution is 2.24. The van der Waals surface area contributed by atoms with Crippen LogP contribution < -0.4 is 0 Å². The number of hydrogen-bond donors (Lipinski definition) is 1. The second-order valence-corrected chi connectivity index (χ2v) is 5.25. The molecule has 0 aliphatic heterocycles. The number of rotatable bonds is 6. The number of aryl methyl sites for hydroxylation is 1. The van der Waals surface area contributed by atoms with Gasteiger partial charge in [-0.25, -0.2) is 0 Å². The number of aliphatic hydroxyl groups is 1. The highest BCUT2D eigenvalue weighted by molar-refractivity contribution is 6.30. The third-order valence-corrected chi connectivity index (χ3v) is 3.64. The Morgan fingerprint density at radius 2 is 1.79 bits per heavy atom. The van der Waals surface area contributed by atoms with Crippen LogP contribution in [0.2, 0.25) is 5.02 Å². The van der Waals surface area contributed by atoms with Crippen LogP contribution in [0.1, 0.15) is 29.9 Å². The molecule has 100 valence electrons. The lowest BCUT2D eigenvalue weighted by atomic mass is 9.93. The van der Waals surface area contributed by atoms with Crippen molar-refractivity contribution in [3.05, 3.63) is 70.7 Å². The van der Waals surface area contributed by atoms with Gasteiger partial charge in [-0.15, -0.1) is 0 Å². The first-order valence-corrected chi connectivity index (χ1v) is 7.07. The molecule has 0 bridgehead atoms. The standard InChI is InChI=1S/C17H19ClO/c18-17-11-5-9-15(12-17)16(13-19)10-4-8-14-6-2-1-3-7-14/h1-3,5-7,9,11-12,16,19H,4,8,10,13H2. The van der Waals surface area contributed by atoms with Gasteiger partial charge in [-0.1, -0.05) is 54.1 Å². The zero-order valence-corrected chi connectivity index (χ0v) is 11.7. The molecule has 0 aliphatic carbocycles. The first-order valence-electron chi connectivity index (χ1n) is 6.70. The average Bonchev–Trinajstić information content (AvgIpc) is 2.45. The van der Waals surface area contributed by atoms with E-state index in [0.29, 0.717) is 0 Å². The molecule has 2 aromatic rings. The van der Waals surface area contributed by atoms with Crippen LogP contribution in [0.4, 0.5) is 0 Å². The first kappa shape index (κ1) is 14.1. The molecule has 19 heavy (non-hydrogen) atoms. The van der Waals surface area contributed by atoms with Gasteiger partial charge in [-0.3, -0.25) is 0 Å². The summed E-state index contributed by atoms with van der Waals surface area (Å²) in [5, 5.41) is 10.3. The average molecular weight is 275 g/mol. The molecule has 1 unspecified atom stereocenters. The predicted octanol–water partition coefficient (Wildman–Crippen LogP) is 4.44. The Bertz CT molecular complexity index is 496. The quantitative estimate of drug-likeness (QED) is 0.826. The molecular weight excluding hydrogens is 256 g/mol. The Morgan fingerprint density at radius 1 is 1.00 bits per heavy atom. The fourth-order valence-corrected chi connectivity index (χ4v) is 2.52. The summed E-state index contributed by atoms with van der Waals surface area (Å²) in [6, 6.07) is 18.2. The molecule has 2 heteroatoms. The van der Waals surface area contributed by atoms with Crippen LogP contribution in [0.15, 0.2) is 54.6 Å². The molecule has 2 aromatic carbocycles. The van der Waals surface area contributed by atoms with E-state index in [2.05, 4.69) is 24.3 Å². The third kappa shape index (κ3) is 4.38. The monoisotopic (exact) mass is 274 g/mol. The lowest BCUT2D eigenvalue weighted by molar-refractivity contribution is 0.257. The van der Waals surface area contributed by atoms with Crippen LogP contribution >= 0.6 is 11.6 Å². The first-order chi connectivity index (χ1) is 9.29. The van der Waals surface area contributed by atoms with Gasteiger partial charge in [-0.2, -0.15) is 0 Å². The van der Waals surface area contributed by atoms with Crippen LogP contribution in [-0.4, -0.2) is 11.7 Å². The van der Waals surface area contributed by atoms with Gasteiger partial charge in [0.1, 0.15) is 0 Å². The van der Waals surface area contributed by atoms with E-state index in [0.717, 1.165) is 29.8 Å². The summed E-state index contributed by atoms with van der Waals surface area (Å²) in [6.07, 6.45) is 3.10. The molecule has 0 saturated heterocycles. The van der Waals surface area contributed by atoms with Crippen LogP contribution in [0.5, 0.6) is 0 Å². The molecule has 0 amide bonds. The van der Waals surface area contributed by atoms with E-state index in [4.69, 9.17) is 11.6 Å². The maximum Gasteiger partial charge on any atom is 0.0499 e. The molecule has 1 atom stereocenters. The molecule has 0 saturated carbocycles. The third-order valence-electron chi connectivity index (χ3n) is 3.40. The molecule has 0 heterocycles. The van der Waals surface area contributed by atoms with Crippen molar-refractivity contribution in [2.24, 2.45) is 0 Å². The zero-order chi connectivity index (χ0) is 13.5. The normalized spacial score (nSPS) is 12.3. The molecule has 0 aromatic heterocycles. The van der Waals surface area contributed by atoms with Crippen LogP contribution in [0.25, 0.3) is 0 Å². The zero-order valence-electron chi connectivity index (χ0n) is 10.9. The minimum atomic E-state index is 0.176. The van der Waals surface area contributed by atoms with Crippen molar-refractivity contribution >= 4 is 11.6 Å². The van der Waals surface area contributed by atoms with Gasteiger partial charge in [-0.05, 0) is 42.5 Å². The van der Waals surface area contributed by atoms with Gasteiger partial charge in [0.15, 0.2) is 0 Å². The molecule has 0 spiro atoms. The summed E-state index contributed by atoms with van der Waals surface area (Å²) in [5.74, 6) is 0.183. The van der Waals surface area contributed by atoms with Crippen molar-refractivity contribution in [1.29, 1.82) is 0 Å².